The lowest BCUT2D eigenvalue weighted by Crippen LogP contribution is -2.06. The van der Waals surface area contributed by atoms with Crippen LogP contribution >= 0.6 is 0 Å². The number of aromatic amines is 1. The zero-order valence-electron chi connectivity index (χ0n) is 14.0. The molecule has 0 bridgehead atoms. The zero-order valence-corrected chi connectivity index (χ0v) is 14.0. The van der Waals surface area contributed by atoms with Gasteiger partial charge in [0, 0.05) is 29.3 Å². The van der Waals surface area contributed by atoms with Crippen molar-refractivity contribution in [1.29, 1.82) is 0 Å². The van der Waals surface area contributed by atoms with Crippen molar-refractivity contribution in [2.45, 2.75) is 19.8 Å². The Kier molecular flexibility index (Phi) is 3.96. The minimum Gasteiger partial charge on any atom is -0.479 e. The molecule has 0 spiro atoms. The van der Waals surface area contributed by atoms with Crippen molar-refractivity contribution in [3.8, 4) is 22.8 Å². The lowest BCUT2D eigenvalue weighted by Gasteiger charge is -2.08. The van der Waals surface area contributed by atoms with E-state index in [0.29, 0.717) is 25.3 Å². The maximum absolute atomic E-state index is 14.1. The summed E-state index contributed by atoms with van der Waals surface area (Å²) in [5.41, 5.74) is 5.42. The largest absolute Gasteiger partial charge is 0.479 e. The van der Waals surface area contributed by atoms with Crippen LogP contribution in [-0.2, 0) is 17.6 Å². The summed E-state index contributed by atoms with van der Waals surface area (Å²) >= 11 is 0. The average molecular weight is 343 g/mol. The number of aromatic nitrogens is 5. The molecule has 0 unspecified atom stereocenters. The predicted octanol–water partition coefficient (Wildman–Crippen LogP) is 2.23. The van der Waals surface area contributed by atoms with Crippen LogP contribution in [0.5, 0.6) is 5.88 Å². The Morgan fingerprint density at radius 1 is 1.28 bits per heavy atom. The molecule has 0 aliphatic carbocycles. The Bertz CT molecular complexity index is 918. The number of rotatable bonds is 3. The van der Waals surface area contributed by atoms with Crippen molar-refractivity contribution in [1.82, 2.24) is 25.0 Å². The molecule has 0 fully saturated rings. The van der Waals surface area contributed by atoms with E-state index in [0.717, 1.165) is 34.6 Å². The van der Waals surface area contributed by atoms with E-state index >= 15 is 0 Å². The van der Waals surface area contributed by atoms with Crippen molar-refractivity contribution < 1.29 is 13.9 Å². The number of hydrogen-bond donors (Lipinski definition) is 1. The quantitative estimate of drug-likeness (QED) is 0.789. The Labute approximate surface area is 143 Å². The van der Waals surface area contributed by atoms with Crippen LogP contribution in [0.15, 0.2) is 18.5 Å². The molecular weight excluding hydrogens is 325 g/mol. The molecule has 4 heterocycles. The number of nitrogens with zero attached hydrogens (tertiary/aromatic N) is 4. The van der Waals surface area contributed by atoms with Gasteiger partial charge in [0.15, 0.2) is 5.82 Å². The molecule has 1 N–H and O–H groups in total. The van der Waals surface area contributed by atoms with Crippen LogP contribution in [0.3, 0.4) is 0 Å². The van der Waals surface area contributed by atoms with E-state index in [-0.39, 0.29) is 5.88 Å². The van der Waals surface area contributed by atoms with E-state index in [4.69, 9.17) is 14.6 Å². The number of ether oxygens (including phenoxy) is 2. The number of H-pyrrole nitrogens is 1. The number of methoxy groups -OCH3 is 1. The van der Waals surface area contributed by atoms with Crippen molar-refractivity contribution in [3.05, 3.63) is 41.2 Å². The van der Waals surface area contributed by atoms with Gasteiger partial charge in [-0.05, 0) is 13.3 Å². The van der Waals surface area contributed by atoms with Crippen LogP contribution in [-0.4, -0.2) is 45.3 Å². The predicted molar refractivity (Wildman–Crippen MR) is 88.4 cm³/mol. The molecule has 0 saturated carbocycles. The summed E-state index contributed by atoms with van der Waals surface area (Å²) in [6.45, 7) is 3.20. The molecule has 1 aliphatic heterocycles. The first-order chi connectivity index (χ1) is 12.2. The molecule has 0 aromatic carbocycles. The normalized spacial score (nSPS) is 14.2. The molecule has 8 heteroatoms. The van der Waals surface area contributed by atoms with Crippen LogP contribution < -0.4 is 4.74 Å². The molecule has 3 aromatic heterocycles. The maximum Gasteiger partial charge on any atom is 0.250 e. The number of pyridine rings is 1. The molecule has 7 nitrogen and oxygen atoms in total. The zero-order chi connectivity index (χ0) is 17.4. The van der Waals surface area contributed by atoms with Gasteiger partial charge in [-0.1, -0.05) is 0 Å². The molecule has 130 valence electrons. The summed E-state index contributed by atoms with van der Waals surface area (Å²) in [4.78, 5) is 4.03. The SMILES string of the molecule is COc1ncc(-n2nc(-c3cn[nH]c3C)c3c2CCOCC3)cc1F. The standard InChI is InChI=1S/C17H18FN5O2/c1-10-13(9-20-21-10)16-12-3-5-25-6-4-15(12)23(22-16)11-7-14(18)17(24-2)19-8-11/h7-9H,3-6H2,1-2H3,(H,20,21). The average Bonchev–Trinajstić information content (AvgIpc) is 3.09. The van der Waals surface area contributed by atoms with Gasteiger partial charge < -0.3 is 9.47 Å². The molecule has 3 aromatic rings. The summed E-state index contributed by atoms with van der Waals surface area (Å²) in [7, 11) is 1.39. The minimum absolute atomic E-state index is 0.0313. The first-order valence-corrected chi connectivity index (χ1v) is 8.07. The highest BCUT2D eigenvalue weighted by molar-refractivity contribution is 5.66. The molecule has 0 radical (unpaired) electrons. The van der Waals surface area contributed by atoms with Crippen molar-refractivity contribution in [3.63, 3.8) is 0 Å². The number of halogens is 1. The first kappa shape index (κ1) is 15.8. The van der Waals surface area contributed by atoms with Gasteiger partial charge in [-0.25, -0.2) is 14.1 Å². The highest BCUT2D eigenvalue weighted by atomic mass is 19.1. The Hall–Kier alpha value is -2.74. The van der Waals surface area contributed by atoms with E-state index in [1.54, 1.807) is 17.1 Å². The van der Waals surface area contributed by atoms with Crippen molar-refractivity contribution in [2.75, 3.05) is 20.3 Å². The molecular formula is C17H18FN5O2. The molecule has 0 atom stereocenters. The topological polar surface area (TPSA) is 77.9 Å². The monoisotopic (exact) mass is 343 g/mol. The highest BCUT2D eigenvalue weighted by Crippen LogP contribution is 2.31. The number of fused-ring (bicyclic) bond motifs is 1. The fraction of sp³-hybridized carbons (Fsp3) is 0.353. The van der Waals surface area contributed by atoms with Crippen LogP contribution in [0.1, 0.15) is 17.0 Å². The van der Waals surface area contributed by atoms with Crippen LogP contribution in [0.25, 0.3) is 16.9 Å². The van der Waals surface area contributed by atoms with E-state index < -0.39 is 5.82 Å². The lowest BCUT2D eigenvalue weighted by molar-refractivity contribution is 0.145. The summed E-state index contributed by atoms with van der Waals surface area (Å²) < 4.78 is 26.4. The number of hydrogen-bond acceptors (Lipinski definition) is 5. The van der Waals surface area contributed by atoms with Gasteiger partial charge in [0.25, 0.3) is 0 Å². The third kappa shape index (κ3) is 2.68. The smallest absolute Gasteiger partial charge is 0.250 e. The minimum atomic E-state index is -0.518. The summed E-state index contributed by atoms with van der Waals surface area (Å²) in [5.74, 6) is -0.550. The van der Waals surface area contributed by atoms with Gasteiger partial charge in [-0.2, -0.15) is 10.2 Å². The van der Waals surface area contributed by atoms with Gasteiger partial charge in [-0.3, -0.25) is 5.10 Å². The van der Waals surface area contributed by atoms with Gasteiger partial charge >= 0.3 is 0 Å². The molecule has 25 heavy (non-hydrogen) atoms. The van der Waals surface area contributed by atoms with Gasteiger partial charge in [-0.15, -0.1) is 0 Å². The van der Waals surface area contributed by atoms with E-state index in [2.05, 4.69) is 15.2 Å². The summed E-state index contributed by atoms with van der Waals surface area (Å²) in [6, 6.07) is 1.39. The molecule has 4 rings (SSSR count). The summed E-state index contributed by atoms with van der Waals surface area (Å²) in [6.07, 6.45) is 4.78. The van der Waals surface area contributed by atoms with Crippen molar-refractivity contribution in [2.24, 2.45) is 0 Å². The van der Waals surface area contributed by atoms with Gasteiger partial charge in [0.05, 0.1) is 49.8 Å². The van der Waals surface area contributed by atoms with Crippen LogP contribution in [0.4, 0.5) is 4.39 Å². The van der Waals surface area contributed by atoms with Crippen molar-refractivity contribution >= 4 is 0 Å². The fourth-order valence-corrected chi connectivity index (χ4v) is 3.15. The van der Waals surface area contributed by atoms with Crippen LogP contribution in [0, 0.1) is 12.7 Å². The van der Waals surface area contributed by atoms with Gasteiger partial charge in [0.1, 0.15) is 0 Å². The second-order valence-corrected chi connectivity index (χ2v) is 5.89. The van der Waals surface area contributed by atoms with Gasteiger partial charge in [0.2, 0.25) is 5.88 Å². The van der Waals surface area contributed by atoms with Crippen LogP contribution in [0.2, 0.25) is 0 Å². The molecule has 0 amide bonds. The lowest BCUT2D eigenvalue weighted by atomic mass is 10.0. The third-order valence-electron chi connectivity index (χ3n) is 4.39. The maximum atomic E-state index is 14.1. The second kappa shape index (κ2) is 6.29. The summed E-state index contributed by atoms with van der Waals surface area (Å²) in [5, 5.41) is 11.8. The molecule has 0 saturated heterocycles. The Balaban J connectivity index is 1.90. The van der Waals surface area contributed by atoms with E-state index in [1.165, 1.54) is 13.2 Å². The molecule has 1 aliphatic rings. The Morgan fingerprint density at radius 2 is 2.12 bits per heavy atom. The second-order valence-electron chi connectivity index (χ2n) is 5.89. The highest BCUT2D eigenvalue weighted by Gasteiger charge is 2.24. The fourth-order valence-electron chi connectivity index (χ4n) is 3.15. The Morgan fingerprint density at radius 3 is 2.84 bits per heavy atom. The first-order valence-electron chi connectivity index (χ1n) is 8.07. The third-order valence-corrected chi connectivity index (χ3v) is 4.39. The van der Waals surface area contributed by atoms with E-state index in [1.807, 2.05) is 6.92 Å². The number of aryl methyl sites for hydroxylation is 1. The number of nitrogens with one attached hydrogen (secondary N) is 1. The van der Waals surface area contributed by atoms with E-state index in [9.17, 15) is 4.39 Å².